The Balaban J connectivity index is 2.00. The molecule has 1 aromatic carbocycles. The molecule has 0 bridgehead atoms. The van der Waals surface area contributed by atoms with E-state index in [4.69, 9.17) is 4.74 Å². The zero-order chi connectivity index (χ0) is 17.2. The lowest BCUT2D eigenvalue weighted by Crippen LogP contribution is -2.55. The molecule has 2 saturated heterocycles. The van der Waals surface area contributed by atoms with Crippen molar-refractivity contribution in [3.05, 3.63) is 61.2 Å². The van der Waals surface area contributed by atoms with E-state index in [1.807, 2.05) is 35.3 Å². The van der Waals surface area contributed by atoms with Crippen molar-refractivity contribution in [1.29, 1.82) is 0 Å². The molecule has 2 heterocycles. The lowest BCUT2D eigenvalue weighted by atomic mass is 9.68. The van der Waals surface area contributed by atoms with E-state index in [0.717, 1.165) is 18.4 Å². The third-order valence-electron chi connectivity index (χ3n) is 5.56. The van der Waals surface area contributed by atoms with Crippen LogP contribution in [0.1, 0.15) is 44.2 Å². The lowest BCUT2D eigenvalue weighted by Gasteiger charge is -2.47. The van der Waals surface area contributed by atoms with Crippen molar-refractivity contribution in [2.75, 3.05) is 6.61 Å². The summed E-state index contributed by atoms with van der Waals surface area (Å²) in [6, 6.07) is 10.2. The Morgan fingerprint density at radius 1 is 1.25 bits per heavy atom. The monoisotopic (exact) mass is 325 g/mol. The van der Waals surface area contributed by atoms with Gasteiger partial charge in [-0.2, -0.15) is 0 Å². The number of amides is 1. The largest absolute Gasteiger partial charge is 0.355 e. The van der Waals surface area contributed by atoms with Crippen molar-refractivity contribution in [3.8, 4) is 0 Å². The number of allylic oxidation sites excluding steroid dienone is 2. The second-order valence-electron chi connectivity index (χ2n) is 7.00. The van der Waals surface area contributed by atoms with Crippen LogP contribution in [0.4, 0.5) is 0 Å². The molecule has 0 aromatic heterocycles. The second-order valence-corrected chi connectivity index (χ2v) is 7.00. The Morgan fingerprint density at radius 3 is 2.50 bits per heavy atom. The fourth-order valence-corrected chi connectivity index (χ4v) is 4.37. The van der Waals surface area contributed by atoms with E-state index in [1.165, 1.54) is 0 Å². The topological polar surface area (TPSA) is 29.5 Å². The molecule has 3 nitrogen and oxygen atoms in total. The van der Waals surface area contributed by atoms with Crippen LogP contribution in [0.25, 0.3) is 0 Å². The number of hydrogen-bond donors (Lipinski definition) is 0. The van der Waals surface area contributed by atoms with Crippen LogP contribution in [0.15, 0.2) is 55.6 Å². The first-order valence-electron chi connectivity index (χ1n) is 8.88. The number of fused-ring (bicyclic) bond motifs is 1. The minimum Gasteiger partial charge on any atom is -0.355 e. The number of ether oxygens (including phenoxy) is 1. The van der Waals surface area contributed by atoms with Gasteiger partial charge in [0.25, 0.3) is 0 Å². The van der Waals surface area contributed by atoms with Crippen LogP contribution in [-0.2, 0) is 9.53 Å². The molecule has 0 N–H and O–H groups in total. The van der Waals surface area contributed by atoms with Crippen molar-refractivity contribution < 1.29 is 9.53 Å². The summed E-state index contributed by atoms with van der Waals surface area (Å²) in [5, 5.41) is 0. The summed E-state index contributed by atoms with van der Waals surface area (Å²) in [5.74, 6) is 0.555. The molecule has 128 valence electrons. The quantitative estimate of drug-likeness (QED) is 0.722. The highest BCUT2D eigenvalue weighted by Gasteiger charge is 2.54. The fraction of sp³-hybridized carbons (Fsp3) is 0.476. The van der Waals surface area contributed by atoms with E-state index in [2.05, 4.69) is 32.2 Å². The summed E-state index contributed by atoms with van der Waals surface area (Å²) in [5.41, 5.74) is 0.734. The first kappa shape index (κ1) is 17.0. The Kier molecular flexibility index (Phi) is 4.91. The summed E-state index contributed by atoms with van der Waals surface area (Å²) in [7, 11) is 0. The molecule has 3 heteroatoms. The summed E-state index contributed by atoms with van der Waals surface area (Å²) in [4.78, 5) is 15.5. The van der Waals surface area contributed by atoms with E-state index >= 15 is 0 Å². The number of carbonyl (C=O) groups excluding carboxylic acids is 1. The van der Waals surface area contributed by atoms with Gasteiger partial charge in [0.05, 0.1) is 18.1 Å². The molecule has 2 fully saturated rings. The molecule has 1 aromatic rings. The number of rotatable bonds is 6. The van der Waals surface area contributed by atoms with Gasteiger partial charge >= 0.3 is 0 Å². The Morgan fingerprint density at radius 2 is 1.92 bits per heavy atom. The van der Waals surface area contributed by atoms with Gasteiger partial charge in [-0.1, -0.05) is 49.4 Å². The maximum absolute atomic E-state index is 13.5. The third kappa shape index (κ3) is 2.71. The summed E-state index contributed by atoms with van der Waals surface area (Å²) < 4.78 is 6.10. The van der Waals surface area contributed by atoms with Gasteiger partial charge in [-0.15, -0.1) is 13.2 Å². The van der Waals surface area contributed by atoms with Crippen LogP contribution in [0.3, 0.4) is 0 Å². The molecule has 1 amide bonds. The van der Waals surface area contributed by atoms with Gasteiger partial charge in [-0.05, 0) is 31.2 Å². The smallest absolute Gasteiger partial charge is 0.232 e. The van der Waals surface area contributed by atoms with Gasteiger partial charge in [-0.3, -0.25) is 4.79 Å². The first-order chi connectivity index (χ1) is 11.7. The van der Waals surface area contributed by atoms with E-state index in [9.17, 15) is 4.79 Å². The molecule has 0 spiro atoms. The maximum atomic E-state index is 13.5. The minimum atomic E-state index is -0.415. The second kappa shape index (κ2) is 6.94. The first-order valence-corrected chi connectivity index (χ1v) is 8.88. The molecule has 0 saturated carbocycles. The predicted octanol–water partition coefficient (Wildman–Crippen LogP) is 4.48. The summed E-state index contributed by atoms with van der Waals surface area (Å²) in [6.07, 6.45) is 6.90. The van der Waals surface area contributed by atoms with Gasteiger partial charge in [0.2, 0.25) is 5.91 Å². The number of hydrogen-bond acceptors (Lipinski definition) is 2. The van der Waals surface area contributed by atoms with Gasteiger partial charge in [0.15, 0.2) is 0 Å². The molecule has 24 heavy (non-hydrogen) atoms. The number of carbonyl (C=O) groups is 1. The van der Waals surface area contributed by atoms with Crippen molar-refractivity contribution >= 4 is 5.91 Å². The van der Waals surface area contributed by atoms with Crippen LogP contribution in [0, 0.1) is 11.3 Å². The molecule has 2 aliphatic heterocycles. The maximum Gasteiger partial charge on any atom is 0.232 e. The van der Waals surface area contributed by atoms with E-state index in [0.29, 0.717) is 25.4 Å². The number of piperidine rings is 1. The van der Waals surface area contributed by atoms with Crippen LogP contribution in [0.2, 0.25) is 0 Å². The standard InChI is InChI=1S/C21H27NO2/c1-4-12-21(13-5-2)14-16(6-3)19-22(20(21)23)18(15-24-19)17-10-8-7-9-11-17/h4-5,7-11,16,18-19H,1-2,6,12-15H2,3H3/t16-,18-,19+/m0/s1. The minimum absolute atomic E-state index is 0.00653. The van der Waals surface area contributed by atoms with Gasteiger partial charge in [0, 0.05) is 5.92 Å². The fourth-order valence-electron chi connectivity index (χ4n) is 4.37. The molecule has 0 radical (unpaired) electrons. The van der Waals surface area contributed by atoms with Crippen LogP contribution >= 0.6 is 0 Å². The van der Waals surface area contributed by atoms with Crippen molar-refractivity contribution in [2.45, 2.75) is 44.9 Å². The number of benzene rings is 1. The van der Waals surface area contributed by atoms with Crippen molar-refractivity contribution in [1.82, 2.24) is 4.90 Å². The molecule has 0 aliphatic carbocycles. The highest BCUT2D eigenvalue weighted by molar-refractivity contribution is 5.85. The summed E-state index contributed by atoms with van der Waals surface area (Å²) in [6.45, 7) is 10.6. The van der Waals surface area contributed by atoms with Crippen molar-refractivity contribution in [3.63, 3.8) is 0 Å². The number of nitrogens with zero attached hydrogens (tertiary/aromatic N) is 1. The van der Waals surface area contributed by atoms with Gasteiger partial charge in [0.1, 0.15) is 6.23 Å². The Hall–Kier alpha value is -1.87. The lowest BCUT2D eigenvalue weighted by molar-refractivity contribution is -0.164. The molecule has 2 aliphatic rings. The van der Waals surface area contributed by atoms with E-state index in [1.54, 1.807) is 0 Å². The van der Waals surface area contributed by atoms with Gasteiger partial charge < -0.3 is 9.64 Å². The SMILES string of the molecule is C=CCC1(CC=C)C[C@H](CC)[C@H]2OC[C@@H](c3ccccc3)N2C1=O. The van der Waals surface area contributed by atoms with Crippen molar-refractivity contribution in [2.24, 2.45) is 11.3 Å². The van der Waals surface area contributed by atoms with Gasteiger partial charge in [-0.25, -0.2) is 0 Å². The van der Waals surface area contributed by atoms with E-state index < -0.39 is 5.41 Å². The molecular weight excluding hydrogens is 298 g/mol. The molecular formula is C21H27NO2. The Bertz CT molecular complexity index is 600. The average Bonchev–Trinajstić information content (AvgIpc) is 3.04. The third-order valence-corrected chi connectivity index (χ3v) is 5.56. The van der Waals surface area contributed by atoms with Crippen LogP contribution in [0.5, 0.6) is 0 Å². The highest BCUT2D eigenvalue weighted by atomic mass is 16.5. The highest BCUT2D eigenvalue weighted by Crippen LogP contribution is 2.49. The summed E-state index contributed by atoms with van der Waals surface area (Å²) >= 11 is 0. The van der Waals surface area contributed by atoms with Crippen LogP contribution < -0.4 is 0 Å². The average molecular weight is 325 g/mol. The molecule has 3 rings (SSSR count). The normalized spacial score (nSPS) is 28.5. The zero-order valence-electron chi connectivity index (χ0n) is 14.5. The molecule has 3 atom stereocenters. The Labute approximate surface area is 145 Å². The molecule has 0 unspecified atom stereocenters. The predicted molar refractivity (Wildman–Crippen MR) is 96.2 cm³/mol. The van der Waals surface area contributed by atoms with E-state index in [-0.39, 0.29) is 18.2 Å². The zero-order valence-corrected chi connectivity index (χ0v) is 14.5. The van der Waals surface area contributed by atoms with Crippen LogP contribution in [-0.4, -0.2) is 23.6 Å².